The molecule has 0 unspecified atom stereocenters. The first-order valence-corrected chi connectivity index (χ1v) is 4.99. The Morgan fingerprint density at radius 3 is 2.77 bits per heavy atom. The number of hydrogen-bond donors (Lipinski definition) is 1. The van der Waals surface area contributed by atoms with Gasteiger partial charge >= 0.3 is 0 Å². The summed E-state index contributed by atoms with van der Waals surface area (Å²) in [6.45, 7) is 0. The van der Waals surface area contributed by atoms with E-state index in [1.807, 2.05) is 12.1 Å². The standard InChI is InChI=1S/C9H10BrNO2/c10-9-2-1-7(5-11-9)13-8-3-6(12)4-8/h1-2,5-6,8,12H,3-4H2. The number of aromatic nitrogens is 1. The summed E-state index contributed by atoms with van der Waals surface area (Å²) in [4.78, 5) is 4.04. The second-order valence-corrected chi connectivity index (χ2v) is 3.99. The summed E-state index contributed by atoms with van der Waals surface area (Å²) in [6.07, 6.45) is 3.13. The van der Waals surface area contributed by atoms with E-state index in [9.17, 15) is 0 Å². The number of ether oxygens (including phenoxy) is 1. The third-order valence-corrected chi connectivity index (χ3v) is 2.54. The molecule has 1 fully saturated rings. The van der Waals surface area contributed by atoms with E-state index in [-0.39, 0.29) is 12.2 Å². The highest BCUT2D eigenvalue weighted by Crippen LogP contribution is 2.25. The molecule has 2 rings (SSSR count). The number of rotatable bonds is 2. The normalized spacial score (nSPS) is 26.6. The van der Waals surface area contributed by atoms with Crippen LogP contribution >= 0.6 is 15.9 Å². The Kier molecular flexibility index (Phi) is 2.51. The van der Waals surface area contributed by atoms with E-state index in [2.05, 4.69) is 20.9 Å². The summed E-state index contributed by atoms with van der Waals surface area (Å²) in [7, 11) is 0. The summed E-state index contributed by atoms with van der Waals surface area (Å²) < 4.78 is 6.33. The fraction of sp³-hybridized carbons (Fsp3) is 0.444. The molecular formula is C9H10BrNO2. The molecule has 1 heterocycles. The van der Waals surface area contributed by atoms with E-state index >= 15 is 0 Å². The average molecular weight is 244 g/mol. The maximum Gasteiger partial charge on any atom is 0.138 e. The molecule has 1 aromatic heterocycles. The van der Waals surface area contributed by atoms with Gasteiger partial charge in [-0.2, -0.15) is 0 Å². The fourth-order valence-electron chi connectivity index (χ4n) is 1.26. The van der Waals surface area contributed by atoms with Gasteiger partial charge in [0.2, 0.25) is 0 Å². The smallest absolute Gasteiger partial charge is 0.138 e. The Hall–Kier alpha value is -0.610. The van der Waals surface area contributed by atoms with Crippen LogP contribution < -0.4 is 4.74 Å². The summed E-state index contributed by atoms with van der Waals surface area (Å²) in [5.74, 6) is 0.764. The maximum absolute atomic E-state index is 9.04. The van der Waals surface area contributed by atoms with Crippen LogP contribution in [0, 0.1) is 0 Å². The molecule has 0 atom stereocenters. The Bertz CT molecular complexity index is 282. The molecule has 0 aliphatic heterocycles. The number of aliphatic hydroxyl groups excluding tert-OH is 1. The van der Waals surface area contributed by atoms with Gasteiger partial charge in [0.15, 0.2) is 0 Å². The van der Waals surface area contributed by atoms with E-state index in [0.717, 1.165) is 23.2 Å². The molecule has 0 bridgehead atoms. The lowest BCUT2D eigenvalue weighted by atomic mass is 9.92. The van der Waals surface area contributed by atoms with Crippen molar-refractivity contribution in [1.29, 1.82) is 0 Å². The first-order chi connectivity index (χ1) is 6.24. The third kappa shape index (κ3) is 2.19. The zero-order valence-electron chi connectivity index (χ0n) is 6.98. The van der Waals surface area contributed by atoms with Gasteiger partial charge < -0.3 is 9.84 Å². The largest absolute Gasteiger partial charge is 0.489 e. The first-order valence-electron chi connectivity index (χ1n) is 4.20. The van der Waals surface area contributed by atoms with Crippen molar-refractivity contribution in [3.63, 3.8) is 0 Å². The van der Waals surface area contributed by atoms with Crippen molar-refractivity contribution < 1.29 is 9.84 Å². The number of nitrogens with zero attached hydrogens (tertiary/aromatic N) is 1. The predicted molar refractivity (Wildman–Crippen MR) is 51.6 cm³/mol. The minimum atomic E-state index is -0.173. The molecule has 1 aliphatic carbocycles. The second kappa shape index (κ2) is 3.64. The van der Waals surface area contributed by atoms with Crippen LogP contribution in [0.5, 0.6) is 5.75 Å². The highest BCUT2D eigenvalue weighted by molar-refractivity contribution is 9.10. The Labute approximate surface area is 84.9 Å². The van der Waals surface area contributed by atoms with Crippen LogP contribution in [0.25, 0.3) is 0 Å². The number of halogens is 1. The van der Waals surface area contributed by atoms with Crippen molar-refractivity contribution in [3.8, 4) is 5.75 Å². The van der Waals surface area contributed by atoms with E-state index < -0.39 is 0 Å². The van der Waals surface area contributed by atoms with E-state index in [4.69, 9.17) is 9.84 Å². The molecule has 13 heavy (non-hydrogen) atoms. The van der Waals surface area contributed by atoms with Gasteiger partial charge in [0.05, 0.1) is 12.3 Å². The number of pyridine rings is 1. The molecule has 0 aromatic carbocycles. The zero-order valence-corrected chi connectivity index (χ0v) is 8.57. The molecular weight excluding hydrogens is 234 g/mol. The molecule has 4 heteroatoms. The fourth-order valence-corrected chi connectivity index (χ4v) is 1.49. The topological polar surface area (TPSA) is 42.4 Å². The van der Waals surface area contributed by atoms with E-state index in [1.54, 1.807) is 6.20 Å². The quantitative estimate of drug-likeness (QED) is 0.806. The molecule has 0 spiro atoms. The zero-order chi connectivity index (χ0) is 9.26. The lowest BCUT2D eigenvalue weighted by Gasteiger charge is -2.31. The van der Waals surface area contributed by atoms with Crippen LogP contribution in [-0.4, -0.2) is 22.3 Å². The van der Waals surface area contributed by atoms with Gasteiger partial charge in [-0.3, -0.25) is 0 Å². The van der Waals surface area contributed by atoms with Gasteiger partial charge in [-0.15, -0.1) is 0 Å². The van der Waals surface area contributed by atoms with Crippen molar-refractivity contribution in [3.05, 3.63) is 22.9 Å². The number of hydrogen-bond acceptors (Lipinski definition) is 3. The maximum atomic E-state index is 9.04. The third-order valence-electron chi connectivity index (χ3n) is 2.07. The first kappa shape index (κ1) is 8.97. The van der Waals surface area contributed by atoms with Gasteiger partial charge in [-0.05, 0) is 28.1 Å². The molecule has 0 saturated heterocycles. The van der Waals surface area contributed by atoms with Crippen LogP contribution in [0.4, 0.5) is 0 Å². The highest BCUT2D eigenvalue weighted by atomic mass is 79.9. The van der Waals surface area contributed by atoms with Crippen molar-refractivity contribution >= 4 is 15.9 Å². The van der Waals surface area contributed by atoms with Gasteiger partial charge in [0.25, 0.3) is 0 Å². The second-order valence-electron chi connectivity index (χ2n) is 3.18. The molecule has 1 saturated carbocycles. The molecule has 3 nitrogen and oxygen atoms in total. The molecule has 0 radical (unpaired) electrons. The van der Waals surface area contributed by atoms with Crippen LogP contribution in [0.15, 0.2) is 22.9 Å². The monoisotopic (exact) mass is 243 g/mol. The minimum absolute atomic E-state index is 0.165. The lowest BCUT2D eigenvalue weighted by molar-refractivity contribution is -0.0109. The van der Waals surface area contributed by atoms with Crippen LogP contribution in [0.3, 0.4) is 0 Å². The van der Waals surface area contributed by atoms with Gasteiger partial charge in [-0.1, -0.05) is 0 Å². The molecule has 1 N–H and O–H groups in total. The predicted octanol–water partition coefficient (Wildman–Crippen LogP) is 1.75. The summed E-state index contributed by atoms with van der Waals surface area (Å²) in [5.41, 5.74) is 0. The van der Waals surface area contributed by atoms with Crippen LogP contribution in [-0.2, 0) is 0 Å². The van der Waals surface area contributed by atoms with Crippen LogP contribution in [0.1, 0.15) is 12.8 Å². The summed E-state index contributed by atoms with van der Waals surface area (Å²) >= 11 is 3.25. The summed E-state index contributed by atoms with van der Waals surface area (Å²) in [5, 5.41) is 9.04. The van der Waals surface area contributed by atoms with E-state index in [0.29, 0.717) is 0 Å². The Morgan fingerprint density at radius 2 is 2.23 bits per heavy atom. The van der Waals surface area contributed by atoms with Crippen LogP contribution in [0.2, 0.25) is 0 Å². The highest BCUT2D eigenvalue weighted by Gasteiger charge is 2.28. The van der Waals surface area contributed by atoms with Gasteiger partial charge in [0.1, 0.15) is 16.5 Å². The van der Waals surface area contributed by atoms with Crippen molar-refractivity contribution in [2.45, 2.75) is 25.0 Å². The molecule has 70 valence electrons. The lowest BCUT2D eigenvalue weighted by Crippen LogP contribution is -2.37. The van der Waals surface area contributed by atoms with E-state index in [1.165, 1.54) is 0 Å². The molecule has 1 aliphatic rings. The van der Waals surface area contributed by atoms with Gasteiger partial charge in [-0.25, -0.2) is 4.98 Å². The minimum Gasteiger partial charge on any atom is -0.489 e. The van der Waals surface area contributed by atoms with Crippen molar-refractivity contribution in [2.75, 3.05) is 0 Å². The Balaban J connectivity index is 1.91. The molecule has 0 amide bonds. The SMILES string of the molecule is OC1CC(Oc2ccc(Br)nc2)C1. The van der Waals surface area contributed by atoms with Crippen molar-refractivity contribution in [2.24, 2.45) is 0 Å². The number of aliphatic hydroxyl groups is 1. The summed E-state index contributed by atoms with van der Waals surface area (Å²) in [6, 6.07) is 3.70. The Morgan fingerprint density at radius 1 is 1.46 bits per heavy atom. The average Bonchev–Trinajstić information content (AvgIpc) is 2.06. The molecule has 1 aromatic rings. The van der Waals surface area contributed by atoms with Gasteiger partial charge in [0, 0.05) is 12.8 Å². The van der Waals surface area contributed by atoms with Crippen molar-refractivity contribution in [1.82, 2.24) is 4.98 Å².